The van der Waals surface area contributed by atoms with E-state index in [9.17, 15) is 14.7 Å². The SMILES string of the molecule is C[C@H](N)C(=O)N1CCN(C(=O)c2ccc(O)cc2)CC1.Cl. The number of phenolic OH excluding ortho intramolecular Hbond substituents is 1. The van der Waals surface area contributed by atoms with Crippen LogP contribution >= 0.6 is 12.4 Å². The normalized spacial score (nSPS) is 16.1. The van der Waals surface area contributed by atoms with E-state index in [1.54, 1.807) is 28.9 Å². The topological polar surface area (TPSA) is 86.9 Å². The lowest BCUT2D eigenvalue weighted by molar-refractivity contribution is -0.133. The Balaban J connectivity index is 0.00000220. The highest BCUT2D eigenvalue weighted by Crippen LogP contribution is 2.13. The minimum Gasteiger partial charge on any atom is -0.508 e. The number of carbonyl (C=O) groups excluding carboxylic acids is 2. The van der Waals surface area contributed by atoms with Crippen LogP contribution in [0.2, 0.25) is 0 Å². The van der Waals surface area contributed by atoms with Crippen molar-refractivity contribution in [3.05, 3.63) is 29.8 Å². The summed E-state index contributed by atoms with van der Waals surface area (Å²) in [6.07, 6.45) is 0. The molecule has 1 fully saturated rings. The van der Waals surface area contributed by atoms with Crippen LogP contribution in [0.3, 0.4) is 0 Å². The van der Waals surface area contributed by atoms with Gasteiger partial charge >= 0.3 is 0 Å². The molecule has 0 spiro atoms. The number of aromatic hydroxyl groups is 1. The van der Waals surface area contributed by atoms with Gasteiger partial charge in [0.25, 0.3) is 5.91 Å². The summed E-state index contributed by atoms with van der Waals surface area (Å²) in [5.74, 6) is -0.0338. The molecule has 1 aliphatic rings. The molecule has 0 radical (unpaired) electrons. The molecule has 0 bridgehead atoms. The molecule has 0 aliphatic carbocycles. The molecule has 1 saturated heterocycles. The van der Waals surface area contributed by atoms with Gasteiger partial charge in [-0.2, -0.15) is 0 Å². The second-order valence-corrected chi connectivity index (χ2v) is 4.95. The number of nitrogens with zero attached hydrogens (tertiary/aromatic N) is 2. The molecule has 3 N–H and O–H groups in total. The zero-order valence-corrected chi connectivity index (χ0v) is 12.7. The summed E-state index contributed by atoms with van der Waals surface area (Å²) in [7, 11) is 0. The van der Waals surface area contributed by atoms with E-state index in [-0.39, 0.29) is 30.0 Å². The lowest BCUT2D eigenvalue weighted by Gasteiger charge is -2.35. The van der Waals surface area contributed by atoms with Gasteiger partial charge < -0.3 is 20.6 Å². The Kier molecular flexibility index (Phi) is 5.99. The fourth-order valence-corrected chi connectivity index (χ4v) is 2.20. The number of nitrogens with two attached hydrogens (primary N) is 1. The zero-order chi connectivity index (χ0) is 14.7. The molecule has 1 atom stereocenters. The van der Waals surface area contributed by atoms with Gasteiger partial charge in [-0.15, -0.1) is 12.4 Å². The maximum absolute atomic E-state index is 12.2. The van der Waals surface area contributed by atoms with Gasteiger partial charge in [0.05, 0.1) is 6.04 Å². The maximum atomic E-state index is 12.2. The Morgan fingerprint density at radius 1 is 1.10 bits per heavy atom. The summed E-state index contributed by atoms with van der Waals surface area (Å²) in [5.41, 5.74) is 6.11. The summed E-state index contributed by atoms with van der Waals surface area (Å²) in [5, 5.41) is 9.22. The van der Waals surface area contributed by atoms with E-state index in [1.165, 1.54) is 12.1 Å². The highest BCUT2D eigenvalue weighted by molar-refractivity contribution is 5.94. The third-order valence-electron chi connectivity index (χ3n) is 3.38. The van der Waals surface area contributed by atoms with Crippen LogP contribution in [-0.4, -0.2) is 58.9 Å². The van der Waals surface area contributed by atoms with Crippen LogP contribution in [0.15, 0.2) is 24.3 Å². The van der Waals surface area contributed by atoms with Gasteiger partial charge in [0, 0.05) is 31.7 Å². The highest BCUT2D eigenvalue weighted by atomic mass is 35.5. The number of rotatable bonds is 2. The molecule has 1 aromatic rings. The van der Waals surface area contributed by atoms with E-state index in [0.29, 0.717) is 31.7 Å². The minimum absolute atomic E-state index is 0. The van der Waals surface area contributed by atoms with Crippen LogP contribution in [0.5, 0.6) is 5.75 Å². The van der Waals surface area contributed by atoms with E-state index < -0.39 is 6.04 Å². The van der Waals surface area contributed by atoms with Crippen LogP contribution in [0, 0.1) is 0 Å². The quantitative estimate of drug-likeness (QED) is 0.830. The number of hydrogen-bond acceptors (Lipinski definition) is 4. The van der Waals surface area contributed by atoms with Crippen molar-refractivity contribution in [3.8, 4) is 5.75 Å². The molecular weight excluding hydrogens is 294 g/mol. The predicted molar refractivity (Wildman–Crippen MR) is 81.5 cm³/mol. The zero-order valence-electron chi connectivity index (χ0n) is 11.9. The second-order valence-electron chi connectivity index (χ2n) is 4.95. The summed E-state index contributed by atoms with van der Waals surface area (Å²) in [6, 6.07) is 5.66. The molecule has 1 aromatic carbocycles. The third-order valence-corrected chi connectivity index (χ3v) is 3.38. The van der Waals surface area contributed by atoms with Gasteiger partial charge in [0.15, 0.2) is 0 Å². The van der Waals surface area contributed by atoms with E-state index >= 15 is 0 Å². The second kappa shape index (κ2) is 7.28. The lowest BCUT2D eigenvalue weighted by atomic mass is 10.1. The Hall–Kier alpha value is -1.79. The van der Waals surface area contributed by atoms with Gasteiger partial charge in [0.1, 0.15) is 5.75 Å². The fraction of sp³-hybridized carbons (Fsp3) is 0.429. The van der Waals surface area contributed by atoms with E-state index in [0.717, 1.165) is 0 Å². The van der Waals surface area contributed by atoms with Crippen molar-refractivity contribution in [2.24, 2.45) is 5.73 Å². The molecule has 0 unspecified atom stereocenters. The Bertz CT molecular complexity index is 497. The fourth-order valence-electron chi connectivity index (χ4n) is 2.20. The smallest absolute Gasteiger partial charge is 0.253 e. The van der Waals surface area contributed by atoms with Crippen LogP contribution < -0.4 is 5.73 Å². The molecular formula is C14H20ClN3O3. The number of amides is 2. The van der Waals surface area contributed by atoms with Gasteiger partial charge in [-0.25, -0.2) is 0 Å². The average molecular weight is 314 g/mol. The van der Waals surface area contributed by atoms with Gasteiger partial charge in [-0.1, -0.05) is 0 Å². The number of hydrogen-bond donors (Lipinski definition) is 2. The Labute approximate surface area is 129 Å². The molecule has 2 amide bonds. The molecule has 0 saturated carbocycles. The first kappa shape index (κ1) is 17.3. The number of piperazine rings is 1. The maximum Gasteiger partial charge on any atom is 0.253 e. The minimum atomic E-state index is -0.505. The highest BCUT2D eigenvalue weighted by Gasteiger charge is 2.25. The summed E-state index contributed by atoms with van der Waals surface area (Å²) in [6.45, 7) is 3.67. The van der Waals surface area contributed by atoms with Crippen molar-refractivity contribution in [2.45, 2.75) is 13.0 Å². The molecule has 2 rings (SSSR count). The van der Waals surface area contributed by atoms with Crippen molar-refractivity contribution >= 4 is 24.2 Å². The van der Waals surface area contributed by atoms with Crippen LogP contribution in [0.25, 0.3) is 0 Å². The van der Waals surface area contributed by atoms with Crippen molar-refractivity contribution in [2.75, 3.05) is 26.2 Å². The monoisotopic (exact) mass is 313 g/mol. The van der Waals surface area contributed by atoms with Crippen LogP contribution in [-0.2, 0) is 4.79 Å². The Morgan fingerprint density at radius 3 is 2.05 bits per heavy atom. The van der Waals surface area contributed by atoms with Gasteiger partial charge in [-0.05, 0) is 31.2 Å². The van der Waals surface area contributed by atoms with Crippen LogP contribution in [0.4, 0.5) is 0 Å². The molecule has 1 heterocycles. The van der Waals surface area contributed by atoms with E-state index in [4.69, 9.17) is 5.73 Å². The van der Waals surface area contributed by atoms with Crippen molar-refractivity contribution in [3.63, 3.8) is 0 Å². The number of benzene rings is 1. The number of halogens is 1. The van der Waals surface area contributed by atoms with Crippen molar-refractivity contribution < 1.29 is 14.7 Å². The molecule has 116 valence electrons. The predicted octanol–water partition coefficient (Wildman–Crippen LogP) is 0.446. The summed E-state index contributed by atoms with van der Waals surface area (Å²) in [4.78, 5) is 27.4. The van der Waals surface area contributed by atoms with E-state index in [2.05, 4.69) is 0 Å². The third kappa shape index (κ3) is 4.09. The first-order valence-electron chi connectivity index (χ1n) is 6.61. The van der Waals surface area contributed by atoms with Crippen molar-refractivity contribution in [1.29, 1.82) is 0 Å². The van der Waals surface area contributed by atoms with E-state index in [1.807, 2.05) is 0 Å². The number of phenols is 1. The summed E-state index contributed by atoms with van der Waals surface area (Å²) >= 11 is 0. The van der Waals surface area contributed by atoms with Gasteiger partial charge in [0.2, 0.25) is 5.91 Å². The molecule has 1 aliphatic heterocycles. The average Bonchev–Trinajstić information content (AvgIpc) is 2.46. The molecule has 6 nitrogen and oxygen atoms in total. The Morgan fingerprint density at radius 2 is 1.57 bits per heavy atom. The lowest BCUT2D eigenvalue weighted by Crippen LogP contribution is -2.53. The number of carbonyl (C=O) groups is 2. The molecule has 7 heteroatoms. The first-order valence-corrected chi connectivity index (χ1v) is 6.61. The van der Waals surface area contributed by atoms with Crippen molar-refractivity contribution in [1.82, 2.24) is 9.80 Å². The first-order chi connectivity index (χ1) is 9.49. The van der Waals surface area contributed by atoms with Crippen LogP contribution in [0.1, 0.15) is 17.3 Å². The standard InChI is InChI=1S/C14H19N3O3.ClH/c1-10(15)13(19)16-6-8-17(9-7-16)14(20)11-2-4-12(18)5-3-11;/h2-5,10,18H,6-9,15H2,1H3;1H/t10-;/m0./s1. The largest absolute Gasteiger partial charge is 0.508 e. The van der Waals surface area contributed by atoms with Gasteiger partial charge in [-0.3, -0.25) is 9.59 Å². The summed E-state index contributed by atoms with van der Waals surface area (Å²) < 4.78 is 0. The molecule has 0 aromatic heterocycles. The molecule has 21 heavy (non-hydrogen) atoms.